The highest BCUT2D eigenvalue weighted by atomic mass is 79.9. The van der Waals surface area contributed by atoms with Gasteiger partial charge in [-0.15, -0.1) is 0 Å². The van der Waals surface area contributed by atoms with Crippen LogP contribution in [0.25, 0.3) is 0 Å². The van der Waals surface area contributed by atoms with E-state index >= 15 is 0 Å². The normalized spacial score (nSPS) is 14.2. The van der Waals surface area contributed by atoms with Crippen molar-refractivity contribution in [1.29, 1.82) is 0 Å². The van der Waals surface area contributed by atoms with Crippen molar-refractivity contribution in [2.45, 2.75) is 26.5 Å². The Labute approximate surface area is 282 Å². The van der Waals surface area contributed by atoms with Gasteiger partial charge in [-0.25, -0.2) is 15.0 Å². The number of nitrogens with zero attached hydrogens (tertiary/aromatic N) is 2. The van der Waals surface area contributed by atoms with E-state index in [9.17, 15) is 24.5 Å². The summed E-state index contributed by atoms with van der Waals surface area (Å²) < 4.78 is 22.7. The fourth-order valence-electron chi connectivity index (χ4n) is 4.45. The van der Waals surface area contributed by atoms with E-state index in [1.165, 1.54) is 25.5 Å². The molecule has 1 atom stereocenters. The predicted octanol–water partition coefficient (Wildman–Crippen LogP) is 5.32. The van der Waals surface area contributed by atoms with Gasteiger partial charge in [0.25, 0.3) is 11.6 Å². The summed E-state index contributed by atoms with van der Waals surface area (Å²) in [5.41, 5.74) is 4.61. The van der Waals surface area contributed by atoms with E-state index in [0.29, 0.717) is 37.6 Å². The maximum atomic E-state index is 12.6. The van der Waals surface area contributed by atoms with Crippen molar-refractivity contribution < 1.29 is 38.3 Å². The van der Waals surface area contributed by atoms with Gasteiger partial charge < -0.3 is 29.6 Å². The molecule has 1 heterocycles. The highest BCUT2D eigenvalue weighted by molar-refractivity contribution is 9.10. The molecule has 0 fully saturated rings. The standard InChI is InChI=1S/C31H29BrClN5O9/c1-4-45-30(40)27-17(2)35-31(41)36-28(27)19-7-10-24(25(12-19)44-3)46-16-26(39)37-34-14-20-11-21(33)13-23(32)29(20)47-15-18-5-8-22(9-6-18)38(42)43/h5-14,28H,4,15-16H2,1-3H3,(H,37,39)(H2,35,36,41)/b34-14+/t28-/m1/s1. The molecule has 3 aromatic carbocycles. The van der Waals surface area contributed by atoms with Crippen molar-refractivity contribution in [3.05, 3.63) is 102 Å². The van der Waals surface area contributed by atoms with Crippen molar-refractivity contribution in [3.8, 4) is 17.2 Å². The van der Waals surface area contributed by atoms with Gasteiger partial charge in [-0.3, -0.25) is 14.9 Å². The Balaban J connectivity index is 1.40. The third-order valence-corrected chi connectivity index (χ3v) is 7.41. The number of allylic oxidation sites excluding steroid dienone is 1. The number of hydrogen-bond donors (Lipinski definition) is 3. The van der Waals surface area contributed by atoms with Gasteiger partial charge in [-0.2, -0.15) is 5.10 Å². The zero-order valence-corrected chi connectivity index (χ0v) is 27.6. The highest BCUT2D eigenvalue weighted by Crippen LogP contribution is 2.35. The number of carbonyl (C=O) groups is 3. The number of non-ortho nitro benzene ring substituents is 1. The molecule has 3 amide bonds. The SMILES string of the molecule is CCOC(=O)C1=C(C)NC(=O)N[C@@H]1c1ccc(OCC(=O)N/N=C/c2cc(Cl)cc(Br)c2OCc2ccc([N+](=O)[O-])cc2)c(OC)c1. The maximum absolute atomic E-state index is 12.6. The van der Waals surface area contributed by atoms with Crippen LogP contribution in [0.2, 0.25) is 5.02 Å². The summed E-state index contributed by atoms with van der Waals surface area (Å²) in [5.74, 6) is -0.295. The van der Waals surface area contributed by atoms with E-state index in [-0.39, 0.29) is 36.0 Å². The van der Waals surface area contributed by atoms with Gasteiger partial charge in [0.15, 0.2) is 18.1 Å². The van der Waals surface area contributed by atoms with Gasteiger partial charge >= 0.3 is 12.0 Å². The third-order valence-electron chi connectivity index (χ3n) is 6.60. The summed E-state index contributed by atoms with van der Waals surface area (Å²) >= 11 is 9.62. The number of halogens is 2. The quantitative estimate of drug-likeness (QED) is 0.0909. The van der Waals surface area contributed by atoms with Gasteiger partial charge in [0.05, 0.1) is 40.9 Å². The van der Waals surface area contributed by atoms with Crippen LogP contribution < -0.4 is 30.3 Å². The number of nitro groups is 1. The molecular formula is C31H29BrClN5O9. The number of urea groups is 1. The van der Waals surface area contributed by atoms with E-state index in [0.717, 1.165) is 0 Å². The molecule has 16 heteroatoms. The summed E-state index contributed by atoms with van der Waals surface area (Å²) in [5, 5.41) is 20.6. The van der Waals surface area contributed by atoms with Crippen LogP contribution >= 0.6 is 27.5 Å². The van der Waals surface area contributed by atoms with Gasteiger partial charge in [0, 0.05) is 28.4 Å². The minimum absolute atomic E-state index is 0.0336. The lowest BCUT2D eigenvalue weighted by Gasteiger charge is -2.28. The first-order chi connectivity index (χ1) is 22.5. The number of rotatable bonds is 13. The van der Waals surface area contributed by atoms with Crippen LogP contribution in [0.15, 0.2) is 75.4 Å². The number of amides is 3. The average Bonchev–Trinajstić information content (AvgIpc) is 3.03. The second-order valence-electron chi connectivity index (χ2n) is 9.80. The molecule has 14 nitrogen and oxygen atoms in total. The Hall–Kier alpha value is -5.15. The highest BCUT2D eigenvalue weighted by Gasteiger charge is 2.32. The molecule has 3 N–H and O–H groups in total. The molecule has 0 radical (unpaired) electrons. The molecule has 4 rings (SSSR count). The van der Waals surface area contributed by atoms with Crippen LogP contribution in [0.5, 0.6) is 17.2 Å². The van der Waals surface area contributed by atoms with Crippen molar-refractivity contribution in [2.24, 2.45) is 5.10 Å². The fourth-order valence-corrected chi connectivity index (χ4v) is 5.40. The molecule has 0 saturated heterocycles. The fraction of sp³-hybridized carbons (Fsp3) is 0.226. The molecular weight excluding hydrogens is 702 g/mol. The molecule has 0 aliphatic carbocycles. The Morgan fingerprint density at radius 3 is 2.55 bits per heavy atom. The van der Waals surface area contributed by atoms with Crippen LogP contribution in [0, 0.1) is 10.1 Å². The van der Waals surface area contributed by atoms with Gasteiger partial charge in [0.1, 0.15) is 12.4 Å². The van der Waals surface area contributed by atoms with Gasteiger partial charge in [-0.05, 0) is 77.3 Å². The van der Waals surface area contributed by atoms with Crippen LogP contribution in [0.1, 0.15) is 36.6 Å². The molecule has 0 bridgehead atoms. The largest absolute Gasteiger partial charge is 0.493 e. The number of ether oxygens (including phenoxy) is 4. The van der Waals surface area contributed by atoms with Gasteiger partial charge in [-0.1, -0.05) is 17.7 Å². The molecule has 246 valence electrons. The number of nitro benzene ring substituents is 1. The number of hydrazone groups is 1. The van der Waals surface area contributed by atoms with Crippen molar-refractivity contribution in [2.75, 3.05) is 20.3 Å². The molecule has 47 heavy (non-hydrogen) atoms. The number of carbonyl (C=O) groups excluding carboxylic acids is 3. The van der Waals surface area contributed by atoms with E-state index < -0.39 is 35.5 Å². The third kappa shape index (κ3) is 8.98. The first-order valence-electron chi connectivity index (χ1n) is 13.9. The second-order valence-corrected chi connectivity index (χ2v) is 11.1. The van der Waals surface area contributed by atoms with Crippen molar-refractivity contribution in [1.82, 2.24) is 16.1 Å². The Kier molecular flexibility index (Phi) is 11.8. The summed E-state index contributed by atoms with van der Waals surface area (Å²) in [7, 11) is 1.41. The zero-order valence-electron chi connectivity index (χ0n) is 25.3. The van der Waals surface area contributed by atoms with Crippen LogP contribution in [-0.2, 0) is 20.9 Å². The summed E-state index contributed by atoms with van der Waals surface area (Å²) in [6.07, 6.45) is 1.35. The molecule has 0 spiro atoms. The predicted molar refractivity (Wildman–Crippen MR) is 175 cm³/mol. The molecule has 1 aliphatic rings. The van der Waals surface area contributed by atoms with Gasteiger partial charge in [0.2, 0.25) is 0 Å². The number of benzene rings is 3. The zero-order chi connectivity index (χ0) is 34.1. The smallest absolute Gasteiger partial charge is 0.338 e. The monoisotopic (exact) mass is 729 g/mol. The molecule has 0 saturated carbocycles. The first-order valence-corrected chi connectivity index (χ1v) is 15.1. The minimum Gasteiger partial charge on any atom is -0.493 e. The lowest BCUT2D eigenvalue weighted by Crippen LogP contribution is -2.45. The molecule has 0 aromatic heterocycles. The van der Waals surface area contributed by atoms with E-state index in [4.69, 9.17) is 30.5 Å². The van der Waals surface area contributed by atoms with E-state index in [1.54, 1.807) is 56.3 Å². The molecule has 1 aliphatic heterocycles. The first kappa shape index (κ1) is 34.7. The molecule has 3 aromatic rings. The average molecular weight is 731 g/mol. The lowest BCUT2D eigenvalue weighted by molar-refractivity contribution is -0.384. The number of esters is 1. The summed E-state index contributed by atoms with van der Waals surface area (Å²) in [4.78, 5) is 47.8. The van der Waals surface area contributed by atoms with Crippen LogP contribution in [0.4, 0.5) is 10.5 Å². The van der Waals surface area contributed by atoms with Crippen LogP contribution in [0.3, 0.4) is 0 Å². The van der Waals surface area contributed by atoms with Crippen LogP contribution in [-0.4, -0.2) is 49.4 Å². The summed E-state index contributed by atoms with van der Waals surface area (Å²) in [6.45, 7) is 3.13. The van der Waals surface area contributed by atoms with Crippen molar-refractivity contribution in [3.63, 3.8) is 0 Å². The maximum Gasteiger partial charge on any atom is 0.338 e. The number of hydrogen-bond acceptors (Lipinski definition) is 10. The van der Waals surface area contributed by atoms with E-state index in [2.05, 4.69) is 37.1 Å². The minimum atomic E-state index is -0.807. The van der Waals surface area contributed by atoms with Crippen molar-refractivity contribution >= 4 is 57.3 Å². The number of nitrogens with one attached hydrogen (secondary N) is 3. The number of methoxy groups -OCH3 is 1. The molecule has 0 unspecified atom stereocenters. The lowest BCUT2D eigenvalue weighted by atomic mass is 9.95. The second kappa shape index (κ2) is 15.9. The van der Waals surface area contributed by atoms with E-state index in [1.807, 2.05) is 0 Å². The Morgan fingerprint density at radius 2 is 1.87 bits per heavy atom. The Bertz CT molecular complexity index is 1750. The summed E-state index contributed by atoms with van der Waals surface area (Å²) in [6, 6.07) is 12.6. The topological polar surface area (TPSA) is 180 Å². The Morgan fingerprint density at radius 1 is 1.13 bits per heavy atom.